The summed E-state index contributed by atoms with van der Waals surface area (Å²) in [6, 6.07) is 47.8. The summed E-state index contributed by atoms with van der Waals surface area (Å²) in [6.07, 6.45) is -5.59. The minimum atomic E-state index is -0.978. The Kier molecular flexibility index (Phi) is 38.0. The van der Waals surface area contributed by atoms with Crippen molar-refractivity contribution in [3.8, 4) is 24.3 Å². The van der Waals surface area contributed by atoms with Gasteiger partial charge in [0.25, 0.3) is 0 Å². The molecule has 124 heavy (non-hydrogen) atoms. The summed E-state index contributed by atoms with van der Waals surface area (Å²) in [5, 5.41) is 58.1. The van der Waals surface area contributed by atoms with Crippen LogP contribution in [-0.4, -0.2) is 109 Å². The molecule has 0 radical (unpaired) electrons. The minimum Gasteiger partial charge on any atom is -0.451 e. The fourth-order valence-electron chi connectivity index (χ4n) is 12.4. The van der Waals surface area contributed by atoms with Crippen LogP contribution in [0.15, 0.2) is 121 Å². The Morgan fingerprint density at radius 2 is 0.581 bits per heavy atom. The minimum absolute atomic E-state index is 0.00477. The summed E-state index contributed by atoms with van der Waals surface area (Å²) in [7, 11) is 1.22. The van der Waals surface area contributed by atoms with Gasteiger partial charge in [-0.3, -0.25) is 23.5 Å². The lowest BCUT2D eigenvalue weighted by atomic mass is 9.86. The normalized spacial score (nSPS) is 13.2. The predicted molar refractivity (Wildman–Crippen MR) is 478 cm³/mol. The van der Waals surface area contributed by atoms with Gasteiger partial charge >= 0.3 is 24.4 Å². The number of aryl methyl sites for hydroxylation is 8. The summed E-state index contributed by atoms with van der Waals surface area (Å²) >= 11 is 0. The van der Waals surface area contributed by atoms with Crippen molar-refractivity contribution in [2.45, 2.75) is 286 Å². The maximum Gasteiger partial charge on any atom is 0.511 e. The number of hydrogen-bond acceptors (Lipinski definition) is 23. The van der Waals surface area contributed by atoms with Crippen molar-refractivity contribution in [3.05, 3.63) is 211 Å². The van der Waals surface area contributed by atoms with Crippen LogP contribution < -0.4 is 0 Å². The highest BCUT2D eigenvalue weighted by Gasteiger charge is 2.30. The van der Waals surface area contributed by atoms with Gasteiger partial charge in [0, 0.05) is 60.3 Å². The first kappa shape index (κ1) is 102. The van der Waals surface area contributed by atoms with Crippen LogP contribution >= 0.6 is 0 Å². The van der Waals surface area contributed by atoms with Gasteiger partial charge in [-0.1, -0.05) is 187 Å². The molecule has 8 rings (SSSR count). The van der Waals surface area contributed by atoms with Crippen LogP contribution in [-0.2, 0) is 105 Å². The van der Waals surface area contributed by atoms with Gasteiger partial charge in [0.1, 0.15) is 69.3 Å². The van der Waals surface area contributed by atoms with E-state index in [0.29, 0.717) is 124 Å². The van der Waals surface area contributed by atoms with Gasteiger partial charge in [0.05, 0.1) is 42.6 Å². The number of carbonyl (C=O) groups is 4. The molecule has 0 spiro atoms. The van der Waals surface area contributed by atoms with Crippen molar-refractivity contribution in [2.75, 3.05) is 13.7 Å². The van der Waals surface area contributed by atoms with E-state index in [0.717, 1.165) is 45.0 Å². The lowest BCUT2D eigenvalue weighted by Gasteiger charge is -2.21. The maximum atomic E-state index is 11.9. The largest absolute Gasteiger partial charge is 0.511 e. The average Bonchev–Trinajstić information content (AvgIpc) is 1.61. The lowest BCUT2D eigenvalue weighted by Crippen LogP contribution is -2.22. The Morgan fingerprint density at radius 3 is 0.782 bits per heavy atom. The molecular weight excluding hydrogens is 1570 g/mol. The highest BCUT2D eigenvalue weighted by atomic mass is 16.8. The molecule has 4 heterocycles. The maximum absolute atomic E-state index is 11.9. The first-order chi connectivity index (χ1) is 58.3. The third kappa shape index (κ3) is 29.7. The van der Waals surface area contributed by atoms with Crippen molar-refractivity contribution in [1.29, 1.82) is 21.0 Å². The van der Waals surface area contributed by atoms with Gasteiger partial charge in [0.2, 0.25) is 25.2 Å². The SMILES string of the molecule is CCCC(=O)OC(C)O/C(=C(/C#N)c1ccc(C(C)(C)C)cc1)c1cc(C)nn1CC.CCOC(=O)OC(C)O/C(=C(/C#N)c1ccc(C(C)(C)C)cc1)c1cc(C)nn1CC.CCn1nc(C)cc1/C(OC(C)OC(=O)OC(C)C)=C(\C#N)c1ccc(C(C)(C)C)cc1.CCn1nc(C)cc1/C(OC(C)OC(=O)OC)=C(\C#N)c1ccc(C(C)(C)C)cc1. The third-order valence-electron chi connectivity index (χ3n) is 18.7. The van der Waals surface area contributed by atoms with Crippen molar-refractivity contribution in [1.82, 2.24) is 39.1 Å². The third-order valence-corrected chi connectivity index (χ3v) is 18.7. The molecule has 0 saturated heterocycles. The summed E-state index contributed by atoms with van der Waals surface area (Å²) in [5.74, 6) is 0.904. The number of methoxy groups -OCH3 is 1. The van der Waals surface area contributed by atoms with Crippen molar-refractivity contribution in [3.63, 3.8) is 0 Å². The second-order valence-corrected chi connectivity index (χ2v) is 33.4. The molecule has 0 fully saturated rings. The molecule has 4 aromatic carbocycles. The number of aromatic nitrogens is 8. The first-order valence-electron chi connectivity index (χ1n) is 41.8. The molecule has 4 aromatic heterocycles. The number of nitrogens with zero attached hydrogens (tertiary/aromatic N) is 12. The highest BCUT2D eigenvalue weighted by Crippen LogP contribution is 2.37. The quantitative estimate of drug-likeness (QED) is 0.0144. The molecule has 8 aromatic rings. The number of ether oxygens (including phenoxy) is 11. The topological polar surface area (TPSA) is 336 Å². The molecule has 0 saturated carbocycles. The molecule has 27 nitrogen and oxygen atoms in total. The molecule has 0 bridgehead atoms. The van der Waals surface area contributed by atoms with E-state index >= 15 is 0 Å². The summed E-state index contributed by atoms with van der Waals surface area (Å²) in [6.45, 7) is 57.0. The summed E-state index contributed by atoms with van der Waals surface area (Å²) < 4.78 is 66.3. The predicted octanol–water partition coefficient (Wildman–Crippen LogP) is 21.9. The van der Waals surface area contributed by atoms with E-state index in [1.807, 2.05) is 184 Å². The molecular formula is C97H126N12O15. The fraction of sp³-hybridized carbons (Fsp3) is 0.464. The van der Waals surface area contributed by atoms with Crippen LogP contribution in [0, 0.1) is 73.0 Å². The number of esters is 1. The zero-order valence-corrected chi connectivity index (χ0v) is 77.9. The molecule has 0 aliphatic rings. The van der Waals surface area contributed by atoms with Crippen LogP contribution in [0.2, 0.25) is 0 Å². The smallest absolute Gasteiger partial charge is 0.451 e. The van der Waals surface area contributed by atoms with Crippen LogP contribution in [0.3, 0.4) is 0 Å². The van der Waals surface area contributed by atoms with Crippen LogP contribution in [0.25, 0.3) is 45.3 Å². The Morgan fingerprint density at radius 1 is 0.347 bits per heavy atom. The zero-order valence-electron chi connectivity index (χ0n) is 77.9. The van der Waals surface area contributed by atoms with Gasteiger partial charge in [-0.15, -0.1) is 0 Å². The number of benzene rings is 4. The number of nitriles is 4. The molecule has 0 aliphatic carbocycles. The van der Waals surface area contributed by atoms with Gasteiger partial charge in [0.15, 0.2) is 23.0 Å². The van der Waals surface area contributed by atoms with E-state index in [1.54, 1.807) is 67.2 Å². The molecule has 4 unspecified atom stereocenters. The molecule has 0 aliphatic heterocycles. The van der Waals surface area contributed by atoms with Gasteiger partial charge in [-0.25, -0.2) is 14.4 Å². The van der Waals surface area contributed by atoms with E-state index in [-0.39, 0.29) is 40.3 Å². The van der Waals surface area contributed by atoms with Crippen LogP contribution in [0.1, 0.15) is 269 Å². The molecule has 0 amide bonds. The molecule has 0 N–H and O–H groups in total. The van der Waals surface area contributed by atoms with Crippen molar-refractivity contribution < 1.29 is 71.3 Å². The standard InChI is InChI=1S/C25H33N3O4.C25H33N3O3.C24H31N3O4.C23H29N3O4/c1-9-28-22(14-17(4)27-28)23(31-18(5)32-24(29)30-16(2)3)21(15-26)19-10-12-20(13-11-19)25(6,7)8;1-8-10-23(29)30-18(4)31-24(22-15-17(3)27-28(22)9-2)21(16-26)19-11-13-20(14-12-19)25(5,6)7;1-8-27-21(14-16(3)26-27)22(30-17(4)31-23(28)29-9-2)20(15-25)18-10-12-19(13-11-18)24(5,6)7;1-8-26-20(13-15(2)25-26)21(29-16(3)30-22(27)28-7)19(14-24)17-9-11-18(12-10-17)23(4,5)6/h10-14,16,18H,9H2,1-8H3;11-15,18H,8-10H2,1-7H3;10-14,17H,8-9H2,1-7H3;9-13,16H,8H2,1-7H3/b23-21-;24-21-;22-20-;21-19-. The Bertz CT molecular complexity index is 5050. The van der Waals surface area contributed by atoms with Gasteiger partial charge in [-0.2, -0.15) is 41.4 Å². The van der Waals surface area contributed by atoms with E-state index < -0.39 is 43.6 Å². The number of carbonyl (C=O) groups excluding carboxylic acids is 4. The van der Waals surface area contributed by atoms with E-state index in [4.69, 9.17) is 47.4 Å². The summed E-state index contributed by atoms with van der Waals surface area (Å²) in [4.78, 5) is 47.1. The number of hydrogen-bond donors (Lipinski definition) is 0. The van der Waals surface area contributed by atoms with Gasteiger partial charge < -0.3 is 52.1 Å². The second-order valence-electron chi connectivity index (χ2n) is 33.4. The Hall–Kier alpha value is -12.9. The van der Waals surface area contributed by atoms with E-state index in [1.165, 1.54) is 12.7 Å². The molecule has 27 heteroatoms. The van der Waals surface area contributed by atoms with Crippen LogP contribution in [0.4, 0.5) is 14.4 Å². The van der Waals surface area contributed by atoms with Gasteiger partial charge in [-0.05, 0) is 173 Å². The number of allylic oxidation sites excluding steroid dienone is 4. The van der Waals surface area contributed by atoms with Crippen LogP contribution in [0.5, 0.6) is 0 Å². The fourth-order valence-corrected chi connectivity index (χ4v) is 12.4. The average molecular weight is 1700 g/mol. The van der Waals surface area contributed by atoms with E-state index in [2.05, 4.69) is 132 Å². The Balaban J connectivity index is 0.000000294. The lowest BCUT2D eigenvalue weighted by molar-refractivity contribution is -0.164. The monoisotopic (exact) mass is 1700 g/mol. The first-order valence-corrected chi connectivity index (χ1v) is 41.8. The molecule has 664 valence electrons. The summed E-state index contributed by atoms with van der Waals surface area (Å²) in [5.41, 5.74) is 14.6. The second kappa shape index (κ2) is 46.4. The van der Waals surface area contributed by atoms with Crippen molar-refractivity contribution in [2.24, 2.45) is 0 Å². The highest BCUT2D eigenvalue weighted by molar-refractivity contribution is 5.97. The van der Waals surface area contributed by atoms with Crippen molar-refractivity contribution >= 4 is 69.8 Å². The zero-order chi connectivity index (χ0) is 92.9. The number of rotatable bonds is 28. The molecule has 4 atom stereocenters. The van der Waals surface area contributed by atoms with E-state index in [9.17, 15) is 40.2 Å². The Labute approximate surface area is 732 Å².